The summed E-state index contributed by atoms with van der Waals surface area (Å²) in [6, 6.07) is 7.87. The molecule has 0 radical (unpaired) electrons. The molecule has 0 aliphatic rings. The van der Waals surface area contributed by atoms with Crippen LogP contribution in [0.15, 0.2) is 24.3 Å². The first kappa shape index (κ1) is 14.5. The molecule has 0 saturated heterocycles. The zero-order valence-electron chi connectivity index (χ0n) is 11.7. The first-order valence-electron chi connectivity index (χ1n) is 6.36. The van der Waals surface area contributed by atoms with Gasteiger partial charge in [0.15, 0.2) is 0 Å². The third-order valence-electron chi connectivity index (χ3n) is 2.71. The van der Waals surface area contributed by atoms with Crippen molar-refractivity contribution >= 4 is 22.6 Å². The Morgan fingerprint density at radius 1 is 1.30 bits per heavy atom. The lowest BCUT2D eigenvalue weighted by Gasteiger charge is -2.23. The summed E-state index contributed by atoms with van der Waals surface area (Å²) in [4.78, 5) is 12.3. The molecule has 0 aliphatic carbocycles. The molecular weight excluding hydrogens is 274 g/mol. The molecule has 0 N–H and O–H groups in total. The summed E-state index contributed by atoms with van der Waals surface area (Å²) in [6.07, 6.45) is -1.25. The van der Waals surface area contributed by atoms with E-state index in [1.165, 1.54) is 11.3 Å². The predicted molar refractivity (Wildman–Crippen MR) is 77.7 cm³/mol. The molecule has 0 aliphatic heterocycles. The highest BCUT2D eigenvalue weighted by atomic mass is 32.1. The van der Waals surface area contributed by atoms with Crippen molar-refractivity contribution in [1.29, 1.82) is 0 Å². The van der Waals surface area contributed by atoms with E-state index in [1.54, 1.807) is 0 Å². The van der Waals surface area contributed by atoms with Crippen LogP contribution < -0.4 is 10.0 Å². The average Bonchev–Trinajstić information content (AvgIpc) is 2.85. The zero-order chi connectivity index (χ0) is 14.7. The molecule has 2 rings (SSSR count). The Hall–Kier alpha value is -1.95. The summed E-state index contributed by atoms with van der Waals surface area (Å²) >= 11 is 1.25. The van der Waals surface area contributed by atoms with Crippen LogP contribution >= 0.6 is 11.3 Å². The second-order valence-corrected chi connectivity index (χ2v) is 5.98. The van der Waals surface area contributed by atoms with Gasteiger partial charge in [0, 0.05) is 12.1 Å². The molecular formula is C14H16N3O2S-. The van der Waals surface area contributed by atoms with Crippen LogP contribution in [-0.4, -0.2) is 22.8 Å². The number of hydrogen-bond acceptors (Lipinski definition) is 5. The Morgan fingerprint density at radius 3 is 2.50 bits per heavy atom. The van der Waals surface area contributed by atoms with Crippen LogP contribution in [0.25, 0.3) is 10.6 Å². The van der Waals surface area contributed by atoms with Gasteiger partial charge in [-0.25, -0.2) is 0 Å². The fourth-order valence-corrected chi connectivity index (χ4v) is 2.58. The van der Waals surface area contributed by atoms with Crippen LogP contribution in [-0.2, 0) is 0 Å². The summed E-state index contributed by atoms with van der Waals surface area (Å²) in [6.45, 7) is 6.25. The van der Waals surface area contributed by atoms with Crippen molar-refractivity contribution in [3.05, 3.63) is 29.8 Å². The van der Waals surface area contributed by atoms with E-state index < -0.39 is 6.09 Å². The molecule has 0 atom stereocenters. The topological polar surface area (TPSA) is 69.2 Å². The van der Waals surface area contributed by atoms with E-state index in [0.29, 0.717) is 16.7 Å². The average molecular weight is 290 g/mol. The van der Waals surface area contributed by atoms with E-state index >= 15 is 0 Å². The fraction of sp³-hybridized carbons (Fsp3) is 0.357. The maximum Gasteiger partial charge on any atom is 0.213 e. The predicted octanol–water partition coefficient (Wildman–Crippen LogP) is 2.32. The van der Waals surface area contributed by atoms with E-state index in [1.807, 2.05) is 45.0 Å². The molecule has 1 amide bonds. The SMILES string of the molecule is Cc1ccc(-c2nnc(N(CC(C)C)C(=O)[O-])s2)cc1. The van der Waals surface area contributed by atoms with Gasteiger partial charge in [-0.2, -0.15) is 0 Å². The summed E-state index contributed by atoms with van der Waals surface area (Å²) < 4.78 is 0. The van der Waals surface area contributed by atoms with Crippen molar-refractivity contribution in [3.63, 3.8) is 0 Å². The van der Waals surface area contributed by atoms with Gasteiger partial charge >= 0.3 is 0 Å². The van der Waals surface area contributed by atoms with Gasteiger partial charge in [0.25, 0.3) is 0 Å². The van der Waals surface area contributed by atoms with Crippen LogP contribution in [0.3, 0.4) is 0 Å². The standard InChI is InChI=1S/C14H17N3O2S/c1-9(2)8-17(14(18)19)13-16-15-12(20-13)11-6-4-10(3)5-7-11/h4-7,9H,8H2,1-3H3,(H,18,19)/p-1. The first-order valence-corrected chi connectivity index (χ1v) is 7.18. The molecule has 0 saturated carbocycles. The molecule has 20 heavy (non-hydrogen) atoms. The number of aryl methyl sites for hydroxylation is 1. The third-order valence-corrected chi connectivity index (χ3v) is 3.71. The molecule has 0 bridgehead atoms. The van der Waals surface area contributed by atoms with Crippen LogP contribution in [0, 0.1) is 12.8 Å². The van der Waals surface area contributed by atoms with Crippen molar-refractivity contribution in [2.45, 2.75) is 20.8 Å². The quantitative estimate of drug-likeness (QED) is 0.866. The molecule has 5 nitrogen and oxygen atoms in total. The highest BCUT2D eigenvalue weighted by molar-refractivity contribution is 7.18. The van der Waals surface area contributed by atoms with Crippen LogP contribution in [0.1, 0.15) is 19.4 Å². The van der Waals surface area contributed by atoms with Crippen molar-refractivity contribution < 1.29 is 9.90 Å². The van der Waals surface area contributed by atoms with E-state index in [4.69, 9.17) is 0 Å². The van der Waals surface area contributed by atoms with Gasteiger partial charge in [0.1, 0.15) is 11.1 Å². The molecule has 0 spiro atoms. The monoisotopic (exact) mass is 290 g/mol. The second-order valence-electron chi connectivity index (χ2n) is 5.03. The molecule has 0 fully saturated rings. The Labute approximate surface area is 121 Å². The van der Waals surface area contributed by atoms with Gasteiger partial charge in [0.05, 0.1) is 0 Å². The smallest absolute Gasteiger partial charge is 0.213 e. The van der Waals surface area contributed by atoms with Gasteiger partial charge in [0.2, 0.25) is 5.13 Å². The van der Waals surface area contributed by atoms with Crippen molar-refractivity contribution in [2.24, 2.45) is 5.92 Å². The second kappa shape index (κ2) is 6.00. The Balaban J connectivity index is 2.26. The molecule has 1 aromatic carbocycles. The Kier molecular flexibility index (Phi) is 4.34. The van der Waals surface area contributed by atoms with Gasteiger partial charge in [-0.3, -0.25) is 0 Å². The number of carboxylic acid groups (broad SMARTS) is 1. The van der Waals surface area contributed by atoms with Gasteiger partial charge < -0.3 is 14.8 Å². The molecule has 6 heteroatoms. The number of anilines is 1. The third kappa shape index (κ3) is 3.33. The van der Waals surface area contributed by atoms with Crippen molar-refractivity contribution in [2.75, 3.05) is 11.4 Å². The summed E-state index contributed by atoms with van der Waals surface area (Å²) in [7, 11) is 0. The van der Waals surface area contributed by atoms with Crippen LogP contribution in [0.4, 0.5) is 9.93 Å². The maximum absolute atomic E-state index is 11.2. The van der Waals surface area contributed by atoms with Crippen LogP contribution in [0.5, 0.6) is 0 Å². The fourth-order valence-electron chi connectivity index (χ4n) is 1.73. The largest absolute Gasteiger partial charge is 0.530 e. The van der Waals surface area contributed by atoms with E-state index in [0.717, 1.165) is 16.0 Å². The lowest BCUT2D eigenvalue weighted by Crippen LogP contribution is -2.43. The number of carbonyl (C=O) groups excluding carboxylic acids is 1. The maximum atomic E-state index is 11.2. The molecule has 0 unspecified atom stereocenters. The number of benzene rings is 1. The Bertz CT molecular complexity index is 593. The number of aromatic nitrogens is 2. The van der Waals surface area contributed by atoms with Crippen LogP contribution in [0.2, 0.25) is 0 Å². The number of hydrogen-bond donors (Lipinski definition) is 0. The van der Waals surface area contributed by atoms with Gasteiger partial charge in [-0.15, -0.1) is 10.2 Å². The zero-order valence-corrected chi connectivity index (χ0v) is 12.5. The minimum absolute atomic E-state index is 0.194. The Morgan fingerprint density at radius 2 is 1.95 bits per heavy atom. The van der Waals surface area contributed by atoms with Crippen molar-refractivity contribution in [1.82, 2.24) is 10.2 Å². The number of nitrogens with zero attached hydrogens (tertiary/aromatic N) is 3. The minimum atomic E-state index is -1.25. The number of rotatable bonds is 4. The van der Waals surface area contributed by atoms with E-state index in [2.05, 4.69) is 10.2 Å². The lowest BCUT2D eigenvalue weighted by molar-refractivity contribution is -0.246. The number of carbonyl (C=O) groups is 1. The first-order chi connectivity index (χ1) is 9.47. The van der Waals surface area contributed by atoms with E-state index in [9.17, 15) is 9.90 Å². The van der Waals surface area contributed by atoms with E-state index in [-0.39, 0.29) is 5.92 Å². The summed E-state index contributed by atoms with van der Waals surface area (Å²) in [5, 5.41) is 20.3. The molecule has 1 aromatic heterocycles. The molecule has 2 aromatic rings. The molecule has 106 valence electrons. The van der Waals surface area contributed by atoms with Crippen molar-refractivity contribution in [3.8, 4) is 10.6 Å². The normalized spacial score (nSPS) is 10.8. The minimum Gasteiger partial charge on any atom is -0.530 e. The number of amides is 1. The lowest BCUT2D eigenvalue weighted by atomic mass is 10.2. The van der Waals surface area contributed by atoms with Gasteiger partial charge in [-0.1, -0.05) is 55.0 Å². The highest BCUT2D eigenvalue weighted by Gasteiger charge is 2.15. The molecule has 1 heterocycles. The summed E-state index contributed by atoms with van der Waals surface area (Å²) in [5.74, 6) is 0.194. The summed E-state index contributed by atoms with van der Waals surface area (Å²) in [5.41, 5.74) is 2.09. The highest BCUT2D eigenvalue weighted by Crippen LogP contribution is 2.29. The van der Waals surface area contributed by atoms with Gasteiger partial charge in [-0.05, 0) is 12.8 Å².